The molecular formula is C23H21N3O5S. The SMILES string of the molecule is COC(=O)c1ccc(/C=N/NC(=O)c2ccc(N(C)S(=O)(=O)c3ccccc3)cc2)cc1. The van der Waals surface area contributed by atoms with E-state index in [1.807, 2.05) is 0 Å². The first-order valence-corrected chi connectivity index (χ1v) is 10.9. The number of hydrazone groups is 1. The van der Waals surface area contributed by atoms with E-state index in [2.05, 4.69) is 15.3 Å². The molecule has 0 saturated heterocycles. The topological polar surface area (TPSA) is 105 Å². The minimum absolute atomic E-state index is 0.179. The van der Waals surface area contributed by atoms with E-state index in [-0.39, 0.29) is 4.90 Å². The fourth-order valence-electron chi connectivity index (χ4n) is 2.77. The van der Waals surface area contributed by atoms with Gasteiger partial charge in [-0.05, 0) is 54.1 Å². The van der Waals surface area contributed by atoms with E-state index in [4.69, 9.17) is 0 Å². The van der Waals surface area contributed by atoms with E-state index in [9.17, 15) is 18.0 Å². The predicted octanol–water partition coefficient (Wildman–Crippen LogP) is 3.06. The smallest absolute Gasteiger partial charge is 0.337 e. The summed E-state index contributed by atoms with van der Waals surface area (Å²) in [6, 6.07) is 20.7. The summed E-state index contributed by atoms with van der Waals surface area (Å²) in [6.07, 6.45) is 1.44. The Balaban J connectivity index is 1.64. The van der Waals surface area contributed by atoms with Crippen molar-refractivity contribution in [1.29, 1.82) is 0 Å². The number of rotatable bonds is 7. The first-order valence-electron chi connectivity index (χ1n) is 9.49. The van der Waals surface area contributed by atoms with Gasteiger partial charge < -0.3 is 4.74 Å². The lowest BCUT2D eigenvalue weighted by molar-refractivity contribution is 0.0600. The van der Waals surface area contributed by atoms with Crippen LogP contribution in [0.15, 0.2) is 88.9 Å². The molecule has 9 heteroatoms. The summed E-state index contributed by atoms with van der Waals surface area (Å²) >= 11 is 0. The molecule has 0 heterocycles. The van der Waals surface area contributed by atoms with Gasteiger partial charge in [-0.1, -0.05) is 30.3 Å². The van der Waals surface area contributed by atoms with Gasteiger partial charge in [0.2, 0.25) is 0 Å². The van der Waals surface area contributed by atoms with Crippen molar-refractivity contribution in [3.8, 4) is 0 Å². The van der Waals surface area contributed by atoms with Crippen LogP contribution in [-0.2, 0) is 14.8 Å². The molecule has 0 spiro atoms. The monoisotopic (exact) mass is 451 g/mol. The van der Waals surface area contributed by atoms with Crippen molar-refractivity contribution in [2.24, 2.45) is 5.10 Å². The van der Waals surface area contributed by atoms with Crippen LogP contribution in [0.1, 0.15) is 26.3 Å². The van der Waals surface area contributed by atoms with Gasteiger partial charge in [-0.3, -0.25) is 9.10 Å². The van der Waals surface area contributed by atoms with Crippen molar-refractivity contribution < 1.29 is 22.7 Å². The van der Waals surface area contributed by atoms with E-state index < -0.39 is 21.9 Å². The number of nitrogens with one attached hydrogen (secondary N) is 1. The summed E-state index contributed by atoms with van der Waals surface area (Å²) in [4.78, 5) is 23.9. The number of sulfonamides is 1. The Labute approximate surface area is 186 Å². The number of nitrogens with zero attached hydrogens (tertiary/aromatic N) is 2. The van der Waals surface area contributed by atoms with Crippen molar-refractivity contribution in [1.82, 2.24) is 5.43 Å². The molecule has 0 fully saturated rings. The normalized spacial score (nSPS) is 11.2. The number of amides is 1. The lowest BCUT2D eigenvalue weighted by atomic mass is 10.1. The quantitative estimate of drug-likeness (QED) is 0.338. The molecular weight excluding hydrogens is 430 g/mol. The van der Waals surface area contributed by atoms with E-state index in [1.165, 1.54) is 44.6 Å². The van der Waals surface area contributed by atoms with E-state index in [0.717, 1.165) is 4.31 Å². The summed E-state index contributed by atoms with van der Waals surface area (Å²) in [6.45, 7) is 0. The molecule has 0 atom stereocenters. The first-order chi connectivity index (χ1) is 15.3. The number of hydrogen-bond donors (Lipinski definition) is 1. The van der Waals surface area contributed by atoms with Gasteiger partial charge in [-0.25, -0.2) is 18.6 Å². The van der Waals surface area contributed by atoms with Crippen LogP contribution in [0, 0.1) is 0 Å². The van der Waals surface area contributed by atoms with Gasteiger partial charge in [0.15, 0.2) is 0 Å². The second-order valence-corrected chi connectivity index (χ2v) is 8.61. The average Bonchev–Trinajstić information content (AvgIpc) is 2.84. The zero-order chi connectivity index (χ0) is 23.1. The molecule has 0 radical (unpaired) electrons. The Morgan fingerprint density at radius 1 is 0.906 bits per heavy atom. The molecule has 3 aromatic rings. The summed E-state index contributed by atoms with van der Waals surface area (Å²) in [5.41, 5.74) is 4.23. The lowest BCUT2D eigenvalue weighted by Gasteiger charge is -2.19. The number of carbonyl (C=O) groups excluding carboxylic acids is 2. The Morgan fingerprint density at radius 2 is 1.50 bits per heavy atom. The third-order valence-electron chi connectivity index (χ3n) is 4.61. The van der Waals surface area contributed by atoms with Crippen LogP contribution < -0.4 is 9.73 Å². The molecule has 0 saturated carbocycles. The number of hydrogen-bond acceptors (Lipinski definition) is 6. The molecule has 0 unspecified atom stereocenters. The van der Waals surface area contributed by atoms with Crippen molar-refractivity contribution in [3.63, 3.8) is 0 Å². The summed E-state index contributed by atoms with van der Waals surface area (Å²) in [5.74, 6) is -0.889. The number of benzene rings is 3. The van der Waals surface area contributed by atoms with Gasteiger partial charge in [0.25, 0.3) is 15.9 Å². The number of esters is 1. The van der Waals surface area contributed by atoms with E-state index >= 15 is 0 Å². The largest absolute Gasteiger partial charge is 0.465 e. The molecule has 0 aromatic heterocycles. The van der Waals surface area contributed by atoms with Crippen molar-refractivity contribution in [2.75, 3.05) is 18.5 Å². The summed E-state index contributed by atoms with van der Waals surface area (Å²) in [7, 11) is -0.943. The van der Waals surface area contributed by atoms with Crippen LogP contribution in [0.3, 0.4) is 0 Å². The Bertz CT molecular complexity index is 1220. The predicted molar refractivity (Wildman–Crippen MR) is 121 cm³/mol. The Hall–Kier alpha value is -3.98. The fourth-order valence-corrected chi connectivity index (χ4v) is 3.98. The zero-order valence-corrected chi connectivity index (χ0v) is 18.2. The minimum Gasteiger partial charge on any atom is -0.465 e. The van der Waals surface area contributed by atoms with Crippen LogP contribution in [0.2, 0.25) is 0 Å². The van der Waals surface area contributed by atoms with Crippen LogP contribution in [0.4, 0.5) is 5.69 Å². The van der Waals surface area contributed by atoms with Gasteiger partial charge in [0.1, 0.15) is 0 Å². The summed E-state index contributed by atoms with van der Waals surface area (Å²) in [5, 5.41) is 3.90. The molecule has 3 aromatic carbocycles. The maximum absolute atomic E-state index is 12.7. The molecule has 0 aliphatic rings. The van der Waals surface area contributed by atoms with Gasteiger partial charge in [0, 0.05) is 12.6 Å². The number of carbonyl (C=O) groups is 2. The molecule has 0 bridgehead atoms. The third kappa shape index (κ3) is 5.19. The average molecular weight is 452 g/mol. The molecule has 3 rings (SSSR count). The standard InChI is InChI=1S/C23H21N3O5S/c1-26(32(29,30)21-6-4-3-5-7-21)20-14-12-18(13-15-20)22(27)25-24-16-17-8-10-19(11-9-17)23(28)31-2/h3-16H,1-2H3,(H,25,27)/b24-16+. The maximum atomic E-state index is 12.7. The van der Waals surface area contributed by atoms with E-state index in [1.54, 1.807) is 54.6 Å². The van der Waals surface area contributed by atoms with Gasteiger partial charge in [0.05, 0.1) is 29.5 Å². The Morgan fingerprint density at radius 3 is 2.09 bits per heavy atom. The lowest BCUT2D eigenvalue weighted by Crippen LogP contribution is -2.26. The maximum Gasteiger partial charge on any atom is 0.337 e. The molecule has 32 heavy (non-hydrogen) atoms. The minimum atomic E-state index is -3.70. The third-order valence-corrected chi connectivity index (χ3v) is 6.41. The number of methoxy groups -OCH3 is 1. The highest BCUT2D eigenvalue weighted by Crippen LogP contribution is 2.22. The Kier molecular flexibility index (Phi) is 7.01. The highest BCUT2D eigenvalue weighted by Gasteiger charge is 2.21. The molecule has 0 aliphatic carbocycles. The van der Waals surface area contributed by atoms with Gasteiger partial charge in [-0.2, -0.15) is 5.10 Å². The molecule has 1 N–H and O–H groups in total. The van der Waals surface area contributed by atoms with Crippen molar-refractivity contribution in [3.05, 3.63) is 95.6 Å². The first kappa shape index (κ1) is 22.7. The molecule has 1 amide bonds. The second kappa shape index (κ2) is 9.88. The number of anilines is 1. The second-order valence-electron chi connectivity index (χ2n) is 6.65. The number of ether oxygens (including phenoxy) is 1. The molecule has 0 aliphatic heterocycles. The van der Waals surface area contributed by atoms with Crippen molar-refractivity contribution >= 4 is 33.8 Å². The van der Waals surface area contributed by atoms with Crippen LogP contribution in [-0.4, -0.2) is 40.7 Å². The van der Waals surface area contributed by atoms with Crippen molar-refractivity contribution in [2.45, 2.75) is 4.90 Å². The molecule has 164 valence electrons. The summed E-state index contributed by atoms with van der Waals surface area (Å²) < 4.78 is 31.2. The fraction of sp³-hybridized carbons (Fsp3) is 0.0870. The van der Waals surface area contributed by atoms with Gasteiger partial charge >= 0.3 is 5.97 Å². The highest BCUT2D eigenvalue weighted by atomic mass is 32.2. The van der Waals surface area contributed by atoms with E-state index in [0.29, 0.717) is 22.4 Å². The highest BCUT2D eigenvalue weighted by molar-refractivity contribution is 7.92. The van der Waals surface area contributed by atoms with Crippen LogP contribution in [0.5, 0.6) is 0 Å². The van der Waals surface area contributed by atoms with Crippen LogP contribution in [0.25, 0.3) is 0 Å². The van der Waals surface area contributed by atoms with Gasteiger partial charge in [-0.15, -0.1) is 0 Å². The molecule has 8 nitrogen and oxygen atoms in total. The van der Waals surface area contributed by atoms with Crippen LogP contribution >= 0.6 is 0 Å². The zero-order valence-electron chi connectivity index (χ0n) is 17.4.